The molecular weight excluding hydrogens is 466 g/mol. The summed E-state index contributed by atoms with van der Waals surface area (Å²) in [6, 6.07) is 16.0. The predicted octanol–water partition coefficient (Wildman–Crippen LogP) is 5.67. The first-order valence-electron chi connectivity index (χ1n) is 11.9. The van der Waals surface area contributed by atoms with E-state index in [4.69, 9.17) is 4.98 Å². The van der Waals surface area contributed by atoms with Crippen molar-refractivity contribution in [3.63, 3.8) is 0 Å². The van der Waals surface area contributed by atoms with Crippen LogP contribution in [0, 0.1) is 6.92 Å². The van der Waals surface area contributed by atoms with Gasteiger partial charge in [-0.3, -0.25) is 9.59 Å². The SMILES string of the molecule is CC(=O)C1(c2cccc(-c3nc(NC(=O)C4(c5ccc6c(c5)OC(F)(F)O6)CC4)ccc3C)c2)CC1. The number of fused-ring (bicyclic) bond motifs is 1. The summed E-state index contributed by atoms with van der Waals surface area (Å²) in [6.45, 7) is 3.59. The number of rotatable bonds is 6. The highest BCUT2D eigenvalue weighted by molar-refractivity contribution is 6.01. The number of nitrogens with one attached hydrogen (secondary N) is 1. The van der Waals surface area contributed by atoms with Gasteiger partial charge >= 0.3 is 6.29 Å². The lowest BCUT2D eigenvalue weighted by Gasteiger charge is -2.17. The maximum Gasteiger partial charge on any atom is 0.586 e. The summed E-state index contributed by atoms with van der Waals surface area (Å²) < 4.78 is 35.9. The van der Waals surface area contributed by atoms with Crippen LogP contribution in [0.5, 0.6) is 11.5 Å². The van der Waals surface area contributed by atoms with E-state index in [1.54, 1.807) is 19.1 Å². The highest BCUT2D eigenvalue weighted by Gasteiger charge is 2.53. The second-order valence-corrected chi connectivity index (χ2v) is 9.95. The molecule has 2 aliphatic carbocycles. The maximum atomic E-state index is 13.4. The van der Waals surface area contributed by atoms with Crippen molar-refractivity contribution in [2.75, 3.05) is 5.32 Å². The summed E-state index contributed by atoms with van der Waals surface area (Å²) in [5, 5.41) is 2.92. The number of hydrogen-bond donors (Lipinski definition) is 1. The number of halogens is 2. The van der Waals surface area contributed by atoms with Crippen LogP contribution < -0.4 is 14.8 Å². The van der Waals surface area contributed by atoms with Crippen molar-refractivity contribution >= 4 is 17.5 Å². The molecule has 184 valence electrons. The molecule has 2 heterocycles. The molecule has 0 radical (unpaired) electrons. The molecule has 2 saturated carbocycles. The molecule has 3 aromatic rings. The Hall–Kier alpha value is -3.81. The van der Waals surface area contributed by atoms with Crippen molar-refractivity contribution in [2.45, 2.75) is 56.7 Å². The fraction of sp³-hybridized carbons (Fsp3) is 0.321. The minimum Gasteiger partial charge on any atom is -0.395 e. The zero-order valence-corrected chi connectivity index (χ0v) is 19.9. The van der Waals surface area contributed by atoms with Gasteiger partial charge in [0.25, 0.3) is 0 Å². The van der Waals surface area contributed by atoms with Crippen molar-refractivity contribution in [1.29, 1.82) is 0 Å². The number of Topliss-reactive ketones (excluding diaryl/α,β-unsaturated/α-hetero) is 1. The second-order valence-electron chi connectivity index (χ2n) is 9.95. The standard InChI is InChI=1S/C28H24F2N2O4/c1-16-6-9-23(31-24(16)18-4-3-5-19(14-18)26(10-11-26)17(2)33)32-25(34)27(12-13-27)20-7-8-21-22(15-20)36-28(29,30)35-21/h3-9,14-15H,10-13H2,1-2H3,(H,31,32,34). The number of aryl methyl sites for hydroxylation is 1. The van der Waals surface area contributed by atoms with Crippen LogP contribution in [0.4, 0.5) is 14.6 Å². The van der Waals surface area contributed by atoms with Crippen LogP contribution in [0.25, 0.3) is 11.3 Å². The number of pyridine rings is 1. The van der Waals surface area contributed by atoms with Crippen molar-refractivity contribution < 1.29 is 27.8 Å². The molecule has 1 N–H and O–H groups in total. The molecule has 1 aromatic heterocycles. The Morgan fingerprint density at radius 3 is 2.28 bits per heavy atom. The summed E-state index contributed by atoms with van der Waals surface area (Å²) in [5.74, 6) is 0.193. The van der Waals surface area contributed by atoms with Gasteiger partial charge in [-0.15, -0.1) is 8.78 Å². The molecule has 0 bridgehead atoms. The van der Waals surface area contributed by atoms with Crippen LogP contribution in [0.2, 0.25) is 0 Å². The van der Waals surface area contributed by atoms with Crippen molar-refractivity contribution in [2.24, 2.45) is 0 Å². The maximum absolute atomic E-state index is 13.4. The number of anilines is 1. The number of ketones is 1. The van der Waals surface area contributed by atoms with E-state index in [1.165, 1.54) is 12.1 Å². The number of benzene rings is 2. The van der Waals surface area contributed by atoms with Gasteiger partial charge in [0.15, 0.2) is 11.5 Å². The zero-order valence-electron chi connectivity index (χ0n) is 19.9. The van der Waals surface area contributed by atoms with Gasteiger partial charge < -0.3 is 14.8 Å². The Kier molecular flexibility index (Phi) is 4.78. The number of amides is 1. The monoisotopic (exact) mass is 490 g/mol. The Balaban J connectivity index is 1.26. The van der Waals surface area contributed by atoms with E-state index in [1.807, 2.05) is 37.3 Å². The Labute approximate surface area is 206 Å². The van der Waals surface area contributed by atoms with E-state index in [9.17, 15) is 18.4 Å². The molecule has 3 aliphatic rings. The average Bonchev–Trinajstić information content (AvgIpc) is 3.75. The topological polar surface area (TPSA) is 77.5 Å². The first kappa shape index (κ1) is 22.6. The fourth-order valence-corrected chi connectivity index (χ4v) is 5.08. The minimum absolute atomic E-state index is 0.0511. The highest BCUT2D eigenvalue weighted by Crippen LogP contribution is 2.52. The third kappa shape index (κ3) is 3.63. The van der Waals surface area contributed by atoms with Crippen LogP contribution in [0.15, 0.2) is 54.6 Å². The lowest BCUT2D eigenvalue weighted by molar-refractivity contribution is -0.286. The number of nitrogens with zero attached hydrogens (tertiary/aromatic N) is 1. The van der Waals surface area contributed by atoms with Gasteiger partial charge in [-0.1, -0.05) is 30.3 Å². The number of hydrogen-bond acceptors (Lipinski definition) is 5. The Morgan fingerprint density at radius 1 is 0.889 bits per heavy atom. The van der Waals surface area contributed by atoms with Crippen LogP contribution >= 0.6 is 0 Å². The first-order valence-corrected chi connectivity index (χ1v) is 11.9. The Bertz CT molecular complexity index is 1430. The van der Waals surface area contributed by atoms with Crippen molar-refractivity contribution in [3.05, 3.63) is 71.3 Å². The van der Waals surface area contributed by atoms with Crippen LogP contribution in [0.3, 0.4) is 0 Å². The molecule has 0 atom stereocenters. The molecule has 1 aliphatic heterocycles. The van der Waals surface area contributed by atoms with Crippen molar-refractivity contribution in [1.82, 2.24) is 4.98 Å². The molecule has 0 saturated heterocycles. The summed E-state index contributed by atoms with van der Waals surface area (Å²) >= 11 is 0. The van der Waals surface area contributed by atoms with Crippen LogP contribution in [0.1, 0.15) is 49.3 Å². The van der Waals surface area contributed by atoms with Gasteiger partial charge in [0.1, 0.15) is 11.6 Å². The molecule has 2 fully saturated rings. The molecule has 1 amide bonds. The second kappa shape index (κ2) is 7.59. The molecule has 6 rings (SSSR count). The molecule has 0 unspecified atom stereocenters. The van der Waals surface area contributed by atoms with E-state index in [-0.39, 0.29) is 28.6 Å². The Morgan fingerprint density at radius 2 is 1.58 bits per heavy atom. The fourth-order valence-electron chi connectivity index (χ4n) is 5.08. The van der Waals surface area contributed by atoms with E-state index in [2.05, 4.69) is 14.8 Å². The van der Waals surface area contributed by atoms with E-state index in [0.29, 0.717) is 24.2 Å². The number of aromatic nitrogens is 1. The summed E-state index contributed by atoms with van der Waals surface area (Å²) in [6.07, 6.45) is -0.823. The van der Waals surface area contributed by atoms with E-state index in [0.717, 1.165) is 35.2 Å². The molecule has 0 spiro atoms. The lowest BCUT2D eigenvalue weighted by atomic mass is 9.90. The summed E-state index contributed by atoms with van der Waals surface area (Å²) in [4.78, 5) is 30.3. The molecule has 6 nitrogen and oxygen atoms in total. The lowest BCUT2D eigenvalue weighted by Crippen LogP contribution is -2.28. The van der Waals surface area contributed by atoms with Gasteiger partial charge in [0.2, 0.25) is 5.91 Å². The number of carbonyl (C=O) groups excluding carboxylic acids is 2. The smallest absolute Gasteiger partial charge is 0.395 e. The minimum atomic E-state index is -3.71. The van der Waals surface area contributed by atoms with Crippen LogP contribution in [-0.2, 0) is 20.4 Å². The van der Waals surface area contributed by atoms with Crippen molar-refractivity contribution in [3.8, 4) is 22.8 Å². The number of carbonyl (C=O) groups is 2. The first-order chi connectivity index (χ1) is 17.1. The summed E-state index contributed by atoms with van der Waals surface area (Å²) in [7, 11) is 0. The van der Waals surface area contributed by atoms with Gasteiger partial charge in [-0.25, -0.2) is 4.98 Å². The van der Waals surface area contributed by atoms with Gasteiger partial charge in [0.05, 0.1) is 16.5 Å². The molecule has 8 heteroatoms. The van der Waals surface area contributed by atoms with E-state index >= 15 is 0 Å². The zero-order chi connectivity index (χ0) is 25.3. The summed E-state index contributed by atoms with van der Waals surface area (Å²) in [5.41, 5.74) is 2.92. The normalized spacial score (nSPS) is 19.4. The highest BCUT2D eigenvalue weighted by atomic mass is 19.3. The largest absolute Gasteiger partial charge is 0.586 e. The quantitative estimate of drug-likeness (QED) is 0.482. The third-order valence-corrected chi connectivity index (χ3v) is 7.59. The molecule has 2 aromatic carbocycles. The number of alkyl halides is 2. The average molecular weight is 491 g/mol. The van der Waals surface area contributed by atoms with E-state index < -0.39 is 11.7 Å². The molecule has 36 heavy (non-hydrogen) atoms. The van der Waals surface area contributed by atoms with Crippen LogP contribution in [-0.4, -0.2) is 23.0 Å². The number of ether oxygens (including phenoxy) is 2. The van der Waals surface area contributed by atoms with Gasteiger partial charge in [-0.05, 0) is 80.5 Å². The predicted molar refractivity (Wildman–Crippen MR) is 128 cm³/mol. The third-order valence-electron chi connectivity index (χ3n) is 7.59. The van der Waals surface area contributed by atoms with Gasteiger partial charge in [-0.2, -0.15) is 0 Å². The van der Waals surface area contributed by atoms with Gasteiger partial charge in [0, 0.05) is 5.56 Å². The molecular formula is C28H24F2N2O4.